The Kier molecular flexibility index (Phi) is 7.29. The van der Waals surface area contributed by atoms with Crippen LogP contribution in [0.15, 0.2) is 65.6 Å². The lowest BCUT2D eigenvalue weighted by atomic mass is 10.1. The molecule has 3 aromatic carbocycles. The van der Waals surface area contributed by atoms with Gasteiger partial charge in [0, 0.05) is 11.8 Å². The van der Waals surface area contributed by atoms with Gasteiger partial charge < -0.3 is 24.3 Å². The topological polar surface area (TPSA) is 112 Å². The Bertz CT molecular complexity index is 1240. The molecule has 1 amide bonds. The summed E-state index contributed by atoms with van der Waals surface area (Å²) >= 11 is 0. The summed E-state index contributed by atoms with van der Waals surface area (Å²) in [5.41, 5.74) is 0.952. The molecule has 0 spiro atoms. The quantitative estimate of drug-likeness (QED) is 0.487. The highest BCUT2D eigenvalue weighted by Crippen LogP contribution is 2.32. The van der Waals surface area contributed by atoms with Crippen molar-refractivity contribution in [3.63, 3.8) is 0 Å². The highest BCUT2D eigenvalue weighted by molar-refractivity contribution is 7.92. The van der Waals surface area contributed by atoms with Gasteiger partial charge in [0.2, 0.25) is 0 Å². The molecule has 3 rings (SSSR count). The smallest absolute Gasteiger partial charge is 0.262 e. The van der Waals surface area contributed by atoms with E-state index < -0.39 is 15.9 Å². The SMILES string of the molecule is COc1ccc(NS(=O)(=O)c2ccc(NC(=O)c3cccc(OC)c3OC)cc2)c(OC)c1. The van der Waals surface area contributed by atoms with E-state index in [0.29, 0.717) is 28.7 Å². The fraction of sp³-hybridized carbons (Fsp3) is 0.174. The van der Waals surface area contributed by atoms with E-state index in [4.69, 9.17) is 18.9 Å². The van der Waals surface area contributed by atoms with Gasteiger partial charge in [-0.2, -0.15) is 0 Å². The van der Waals surface area contributed by atoms with Crippen LogP contribution in [0.5, 0.6) is 23.0 Å². The molecule has 174 valence electrons. The molecule has 33 heavy (non-hydrogen) atoms. The van der Waals surface area contributed by atoms with Crippen molar-refractivity contribution < 1.29 is 32.2 Å². The van der Waals surface area contributed by atoms with Gasteiger partial charge in [0.05, 0.1) is 44.6 Å². The van der Waals surface area contributed by atoms with Crippen LogP contribution in [0.2, 0.25) is 0 Å². The Morgan fingerprint density at radius 2 is 1.48 bits per heavy atom. The summed E-state index contributed by atoms with van der Waals surface area (Å²) in [6.07, 6.45) is 0. The first kappa shape index (κ1) is 23.7. The first-order chi connectivity index (χ1) is 15.8. The van der Waals surface area contributed by atoms with Crippen molar-refractivity contribution in [3.05, 3.63) is 66.2 Å². The zero-order valence-electron chi connectivity index (χ0n) is 18.5. The normalized spacial score (nSPS) is 10.8. The predicted molar refractivity (Wildman–Crippen MR) is 124 cm³/mol. The van der Waals surface area contributed by atoms with E-state index in [1.54, 1.807) is 36.4 Å². The number of benzene rings is 3. The molecule has 0 bridgehead atoms. The molecule has 0 saturated carbocycles. The second-order valence-electron chi connectivity index (χ2n) is 6.69. The van der Waals surface area contributed by atoms with E-state index in [2.05, 4.69) is 10.0 Å². The van der Waals surface area contributed by atoms with E-state index >= 15 is 0 Å². The number of carbonyl (C=O) groups is 1. The number of hydrogen-bond acceptors (Lipinski definition) is 7. The molecular weight excluding hydrogens is 448 g/mol. The fourth-order valence-electron chi connectivity index (χ4n) is 3.07. The number of carbonyl (C=O) groups excluding carboxylic acids is 1. The molecule has 0 heterocycles. The van der Waals surface area contributed by atoms with Crippen LogP contribution in [-0.2, 0) is 10.0 Å². The van der Waals surface area contributed by atoms with E-state index in [0.717, 1.165) is 0 Å². The Morgan fingerprint density at radius 3 is 2.09 bits per heavy atom. The fourth-order valence-corrected chi connectivity index (χ4v) is 4.14. The van der Waals surface area contributed by atoms with Crippen LogP contribution in [0, 0.1) is 0 Å². The van der Waals surface area contributed by atoms with Crippen LogP contribution in [0.1, 0.15) is 10.4 Å². The Hall–Kier alpha value is -3.92. The van der Waals surface area contributed by atoms with Crippen LogP contribution >= 0.6 is 0 Å². The number of anilines is 2. The largest absolute Gasteiger partial charge is 0.497 e. The molecule has 0 aliphatic rings. The minimum absolute atomic E-state index is 0.0114. The number of amides is 1. The van der Waals surface area contributed by atoms with Gasteiger partial charge in [-0.1, -0.05) is 6.07 Å². The van der Waals surface area contributed by atoms with E-state index in [1.807, 2.05) is 0 Å². The van der Waals surface area contributed by atoms with Gasteiger partial charge in [0.1, 0.15) is 11.5 Å². The standard InChI is InChI=1S/C23H24N2O7S/c1-29-16-10-13-19(21(14-16)31-3)25-33(27,28)17-11-8-15(9-12-17)24-23(26)18-6-5-7-20(30-2)22(18)32-4/h5-14,25H,1-4H3,(H,24,26). The average molecular weight is 473 g/mol. The first-order valence-corrected chi connectivity index (χ1v) is 11.2. The van der Waals surface area contributed by atoms with Crippen LogP contribution in [0.4, 0.5) is 11.4 Å². The lowest BCUT2D eigenvalue weighted by Crippen LogP contribution is -2.15. The van der Waals surface area contributed by atoms with Crippen molar-refractivity contribution in [1.29, 1.82) is 0 Å². The first-order valence-electron chi connectivity index (χ1n) is 9.70. The maximum atomic E-state index is 12.8. The van der Waals surface area contributed by atoms with Crippen molar-refractivity contribution in [2.75, 3.05) is 38.5 Å². The molecule has 3 aromatic rings. The lowest BCUT2D eigenvalue weighted by Gasteiger charge is -2.14. The highest BCUT2D eigenvalue weighted by Gasteiger charge is 2.19. The minimum Gasteiger partial charge on any atom is -0.497 e. The van der Waals surface area contributed by atoms with Crippen molar-refractivity contribution >= 4 is 27.3 Å². The number of rotatable bonds is 9. The van der Waals surface area contributed by atoms with Gasteiger partial charge in [-0.3, -0.25) is 9.52 Å². The maximum Gasteiger partial charge on any atom is 0.262 e. The summed E-state index contributed by atoms with van der Waals surface area (Å²) in [5, 5.41) is 2.72. The van der Waals surface area contributed by atoms with Crippen molar-refractivity contribution in [3.8, 4) is 23.0 Å². The zero-order valence-corrected chi connectivity index (χ0v) is 19.4. The summed E-state index contributed by atoms with van der Waals surface area (Å²) in [6.45, 7) is 0. The Morgan fingerprint density at radius 1 is 0.788 bits per heavy atom. The van der Waals surface area contributed by atoms with Crippen LogP contribution < -0.4 is 29.0 Å². The molecule has 0 saturated heterocycles. The average Bonchev–Trinajstić information content (AvgIpc) is 2.83. The Balaban J connectivity index is 1.78. The number of ether oxygens (including phenoxy) is 4. The van der Waals surface area contributed by atoms with Gasteiger partial charge in [-0.15, -0.1) is 0 Å². The molecule has 0 atom stereocenters. The molecule has 0 aromatic heterocycles. The van der Waals surface area contributed by atoms with E-state index in [9.17, 15) is 13.2 Å². The third kappa shape index (κ3) is 5.29. The minimum atomic E-state index is -3.90. The Labute approximate surface area is 192 Å². The van der Waals surface area contributed by atoms with Gasteiger partial charge in [0.15, 0.2) is 11.5 Å². The highest BCUT2D eigenvalue weighted by atomic mass is 32.2. The second-order valence-corrected chi connectivity index (χ2v) is 8.37. The van der Waals surface area contributed by atoms with Gasteiger partial charge in [-0.25, -0.2) is 8.42 Å². The summed E-state index contributed by atoms with van der Waals surface area (Å²) in [7, 11) is 1.96. The molecule has 0 aliphatic carbocycles. The van der Waals surface area contributed by atoms with Gasteiger partial charge in [-0.05, 0) is 48.5 Å². The third-order valence-corrected chi connectivity index (χ3v) is 6.10. The zero-order chi connectivity index (χ0) is 24.0. The summed E-state index contributed by atoms with van der Waals surface area (Å²) in [5.74, 6) is 1.14. The summed E-state index contributed by atoms with van der Waals surface area (Å²) in [6, 6.07) is 15.4. The van der Waals surface area contributed by atoms with E-state index in [-0.39, 0.29) is 16.1 Å². The molecule has 0 fully saturated rings. The van der Waals surface area contributed by atoms with Crippen LogP contribution in [0.25, 0.3) is 0 Å². The summed E-state index contributed by atoms with van der Waals surface area (Å²) in [4.78, 5) is 12.7. The number of nitrogens with one attached hydrogen (secondary N) is 2. The predicted octanol–water partition coefficient (Wildman–Crippen LogP) is 3.77. The molecule has 0 radical (unpaired) electrons. The van der Waals surface area contributed by atoms with Crippen LogP contribution in [0.3, 0.4) is 0 Å². The molecule has 10 heteroatoms. The number of hydrogen-bond donors (Lipinski definition) is 2. The van der Waals surface area contributed by atoms with Crippen molar-refractivity contribution in [2.24, 2.45) is 0 Å². The molecule has 9 nitrogen and oxygen atoms in total. The van der Waals surface area contributed by atoms with Crippen molar-refractivity contribution in [2.45, 2.75) is 4.90 Å². The molecule has 2 N–H and O–H groups in total. The van der Waals surface area contributed by atoms with Crippen LogP contribution in [-0.4, -0.2) is 42.8 Å². The maximum absolute atomic E-state index is 12.8. The molecule has 0 unspecified atom stereocenters. The van der Waals surface area contributed by atoms with Gasteiger partial charge in [0.25, 0.3) is 15.9 Å². The van der Waals surface area contributed by atoms with Gasteiger partial charge >= 0.3 is 0 Å². The van der Waals surface area contributed by atoms with Crippen molar-refractivity contribution in [1.82, 2.24) is 0 Å². The monoisotopic (exact) mass is 472 g/mol. The number of para-hydroxylation sites is 1. The number of sulfonamides is 1. The third-order valence-electron chi connectivity index (χ3n) is 4.72. The number of methoxy groups -OCH3 is 4. The summed E-state index contributed by atoms with van der Waals surface area (Å²) < 4.78 is 49.0. The molecule has 0 aliphatic heterocycles. The van der Waals surface area contributed by atoms with E-state index in [1.165, 1.54) is 52.7 Å². The lowest BCUT2D eigenvalue weighted by molar-refractivity contribution is 0.102. The second kappa shape index (κ2) is 10.1. The molecular formula is C23H24N2O7S.